The number of hydrogen-bond acceptors (Lipinski definition) is 4. The van der Waals surface area contributed by atoms with E-state index in [0.29, 0.717) is 22.7 Å². The van der Waals surface area contributed by atoms with Gasteiger partial charge in [0.2, 0.25) is 0 Å². The highest BCUT2D eigenvalue weighted by molar-refractivity contribution is 6.13. The zero-order chi connectivity index (χ0) is 22.0. The van der Waals surface area contributed by atoms with Crippen molar-refractivity contribution in [1.82, 2.24) is 4.98 Å². The van der Waals surface area contributed by atoms with E-state index in [1.165, 1.54) is 0 Å². The molecule has 0 aliphatic heterocycles. The van der Waals surface area contributed by atoms with Gasteiger partial charge in [-0.25, -0.2) is 4.98 Å². The molecule has 0 unspecified atom stereocenters. The Morgan fingerprint density at radius 1 is 0.871 bits per heavy atom. The van der Waals surface area contributed by atoms with Gasteiger partial charge >= 0.3 is 0 Å². The number of methoxy groups -OCH3 is 2. The summed E-state index contributed by atoms with van der Waals surface area (Å²) in [5.41, 5.74) is 6.02. The number of carbonyl (C=O) groups excluding carboxylic acids is 1. The number of anilines is 1. The van der Waals surface area contributed by atoms with Gasteiger partial charge in [0.1, 0.15) is 0 Å². The van der Waals surface area contributed by atoms with Crippen LogP contribution in [0.15, 0.2) is 66.7 Å². The number of amides is 1. The Kier molecular flexibility index (Phi) is 5.58. The van der Waals surface area contributed by atoms with Crippen LogP contribution in [0.5, 0.6) is 11.5 Å². The molecule has 0 aliphatic rings. The molecule has 31 heavy (non-hydrogen) atoms. The monoisotopic (exact) mass is 412 g/mol. The molecule has 0 aliphatic carbocycles. The first-order valence-electron chi connectivity index (χ1n) is 10.0. The maximum Gasteiger partial charge on any atom is 0.256 e. The third-order valence-electron chi connectivity index (χ3n) is 5.27. The van der Waals surface area contributed by atoms with Crippen molar-refractivity contribution in [2.24, 2.45) is 0 Å². The summed E-state index contributed by atoms with van der Waals surface area (Å²) in [7, 11) is 3.14. The van der Waals surface area contributed by atoms with Crippen molar-refractivity contribution in [1.29, 1.82) is 0 Å². The average molecular weight is 412 g/mol. The molecular weight excluding hydrogens is 388 g/mol. The summed E-state index contributed by atoms with van der Waals surface area (Å²) in [4.78, 5) is 18.1. The van der Waals surface area contributed by atoms with E-state index in [1.54, 1.807) is 32.4 Å². The fourth-order valence-electron chi connectivity index (χ4n) is 3.63. The summed E-state index contributed by atoms with van der Waals surface area (Å²) in [5.74, 6) is 0.945. The molecule has 0 fully saturated rings. The average Bonchev–Trinajstić information content (AvgIpc) is 2.79. The van der Waals surface area contributed by atoms with E-state index in [-0.39, 0.29) is 5.91 Å². The van der Waals surface area contributed by atoms with Crippen molar-refractivity contribution in [3.8, 4) is 22.8 Å². The number of aromatic nitrogens is 1. The fourth-order valence-corrected chi connectivity index (χ4v) is 3.63. The topological polar surface area (TPSA) is 60.5 Å². The fraction of sp³-hybridized carbons (Fsp3) is 0.154. The normalized spacial score (nSPS) is 10.7. The number of pyridine rings is 1. The molecule has 156 valence electrons. The van der Waals surface area contributed by atoms with Crippen molar-refractivity contribution in [2.75, 3.05) is 19.5 Å². The van der Waals surface area contributed by atoms with Gasteiger partial charge in [-0.1, -0.05) is 35.9 Å². The molecule has 0 spiro atoms. The zero-order valence-corrected chi connectivity index (χ0v) is 18.0. The van der Waals surface area contributed by atoms with Crippen molar-refractivity contribution < 1.29 is 14.3 Å². The molecule has 1 N–H and O–H groups in total. The van der Waals surface area contributed by atoms with Gasteiger partial charge in [0, 0.05) is 22.7 Å². The SMILES string of the molecule is COc1ccc(NC(=O)c2cc(-c3cc(C)ccc3C)nc3ccccc23)cc1OC. The number of ether oxygens (including phenoxy) is 2. The predicted octanol–water partition coefficient (Wildman–Crippen LogP) is 5.79. The van der Waals surface area contributed by atoms with Crippen LogP contribution in [0, 0.1) is 13.8 Å². The second kappa shape index (κ2) is 8.48. The highest BCUT2D eigenvalue weighted by atomic mass is 16.5. The zero-order valence-electron chi connectivity index (χ0n) is 18.0. The van der Waals surface area contributed by atoms with Gasteiger partial charge in [0.05, 0.1) is 31.0 Å². The van der Waals surface area contributed by atoms with Gasteiger partial charge < -0.3 is 14.8 Å². The van der Waals surface area contributed by atoms with Crippen LogP contribution in [-0.2, 0) is 0 Å². The predicted molar refractivity (Wildman–Crippen MR) is 124 cm³/mol. The van der Waals surface area contributed by atoms with Gasteiger partial charge in [-0.15, -0.1) is 0 Å². The van der Waals surface area contributed by atoms with Crippen LogP contribution < -0.4 is 14.8 Å². The van der Waals surface area contributed by atoms with Crippen LogP contribution in [0.3, 0.4) is 0 Å². The lowest BCUT2D eigenvalue weighted by Crippen LogP contribution is -2.13. The molecule has 4 aromatic rings. The first-order chi connectivity index (χ1) is 15.0. The minimum atomic E-state index is -0.211. The van der Waals surface area contributed by atoms with Gasteiger partial charge in [-0.05, 0) is 49.7 Å². The number of para-hydroxylation sites is 1. The van der Waals surface area contributed by atoms with E-state index in [4.69, 9.17) is 14.5 Å². The number of nitrogens with zero attached hydrogens (tertiary/aromatic N) is 1. The van der Waals surface area contributed by atoms with Crippen molar-refractivity contribution >= 4 is 22.5 Å². The summed E-state index contributed by atoms with van der Waals surface area (Å²) >= 11 is 0. The molecule has 5 nitrogen and oxygen atoms in total. The van der Waals surface area contributed by atoms with E-state index < -0.39 is 0 Å². The van der Waals surface area contributed by atoms with Gasteiger partial charge in [-0.3, -0.25) is 4.79 Å². The molecule has 4 rings (SSSR count). The van der Waals surface area contributed by atoms with Gasteiger partial charge in [-0.2, -0.15) is 0 Å². The van der Waals surface area contributed by atoms with Gasteiger partial charge in [0.25, 0.3) is 5.91 Å². The molecule has 1 heterocycles. The van der Waals surface area contributed by atoms with Crippen LogP contribution in [0.2, 0.25) is 0 Å². The lowest BCUT2D eigenvalue weighted by Gasteiger charge is -2.13. The number of rotatable bonds is 5. The van der Waals surface area contributed by atoms with Gasteiger partial charge in [0.15, 0.2) is 11.5 Å². The number of benzene rings is 3. The van der Waals surface area contributed by atoms with Crippen LogP contribution >= 0.6 is 0 Å². The Bertz CT molecular complexity index is 1280. The Hall–Kier alpha value is -3.86. The minimum absolute atomic E-state index is 0.211. The molecule has 0 saturated heterocycles. The number of carbonyl (C=O) groups is 1. The number of nitrogens with one attached hydrogen (secondary N) is 1. The van der Waals surface area contributed by atoms with Crippen molar-refractivity contribution in [3.63, 3.8) is 0 Å². The van der Waals surface area contributed by atoms with Crippen LogP contribution in [-0.4, -0.2) is 25.1 Å². The molecular formula is C26H24N2O3. The molecule has 5 heteroatoms. The lowest BCUT2D eigenvalue weighted by atomic mass is 9.99. The first-order valence-corrected chi connectivity index (χ1v) is 10.0. The molecule has 1 aromatic heterocycles. The van der Waals surface area contributed by atoms with E-state index in [9.17, 15) is 4.79 Å². The number of aryl methyl sites for hydroxylation is 2. The number of hydrogen-bond donors (Lipinski definition) is 1. The molecule has 0 atom stereocenters. The highest BCUT2D eigenvalue weighted by Crippen LogP contribution is 2.31. The number of fused-ring (bicyclic) bond motifs is 1. The molecule has 3 aromatic carbocycles. The Balaban J connectivity index is 1.79. The summed E-state index contributed by atoms with van der Waals surface area (Å²) < 4.78 is 10.6. The molecule has 0 saturated carbocycles. The Morgan fingerprint density at radius 3 is 2.42 bits per heavy atom. The quantitative estimate of drug-likeness (QED) is 0.451. The third kappa shape index (κ3) is 4.08. The van der Waals surface area contributed by atoms with E-state index in [2.05, 4.69) is 37.4 Å². The largest absolute Gasteiger partial charge is 0.493 e. The third-order valence-corrected chi connectivity index (χ3v) is 5.27. The molecule has 1 amide bonds. The summed E-state index contributed by atoms with van der Waals surface area (Å²) in [6, 6.07) is 21.1. The van der Waals surface area contributed by atoms with Crippen LogP contribution in [0.25, 0.3) is 22.2 Å². The van der Waals surface area contributed by atoms with Crippen LogP contribution in [0.4, 0.5) is 5.69 Å². The second-order valence-corrected chi connectivity index (χ2v) is 7.41. The standard InChI is InChI=1S/C26H24N2O3/c1-16-9-10-17(2)20(13-16)23-15-21(19-7-5-6-8-22(19)28-23)26(29)27-18-11-12-24(30-3)25(14-18)31-4/h5-15H,1-4H3,(H,27,29). The molecule has 0 bridgehead atoms. The van der Waals surface area contributed by atoms with E-state index >= 15 is 0 Å². The van der Waals surface area contributed by atoms with Crippen LogP contribution in [0.1, 0.15) is 21.5 Å². The van der Waals surface area contributed by atoms with E-state index in [0.717, 1.165) is 33.3 Å². The maximum absolute atomic E-state index is 13.3. The Morgan fingerprint density at radius 2 is 1.65 bits per heavy atom. The summed E-state index contributed by atoms with van der Waals surface area (Å²) in [5, 5.41) is 3.78. The highest BCUT2D eigenvalue weighted by Gasteiger charge is 2.16. The summed E-state index contributed by atoms with van der Waals surface area (Å²) in [6.07, 6.45) is 0. The Labute approximate surface area is 181 Å². The van der Waals surface area contributed by atoms with Crippen molar-refractivity contribution in [3.05, 3.63) is 83.4 Å². The molecule has 0 radical (unpaired) electrons. The first kappa shape index (κ1) is 20.4. The second-order valence-electron chi connectivity index (χ2n) is 7.41. The van der Waals surface area contributed by atoms with Crippen molar-refractivity contribution in [2.45, 2.75) is 13.8 Å². The maximum atomic E-state index is 13.3. The lowest BCUT2D eigenvalue weighted by molar-refractivity contribution is 0.102. The van der Waals surface area contributed by atoms with E-state index in [1.807, 2.05) is 30.3 Å². The summed E-state index contributed by atoms with van der Waals surface area (Å²) in [6.45, 7) is 4.10. The minimum Gasteiger partial charge on any atom is -0.493 e. The smallest absolute Gasteiger partial charge is 0.256 e.